The van der Waals surface area contributed by atoms with Gasteiger partial charge in [-0.2, -0.15) is 0 Å². The fourth-order valence-corrected chi connectivity index (χ4v) is 5.90. The first kappa shape index (κ1) is 19.7. The maximum Gasteiger partial charge on any atom is 0.229 e. The number of benzene rings is 1. The Balaban J connectivity index is 0.00000196. The topological polar surface area (TPSA) is 46.3 Å². The van der Waals surface area contributed by atoms with Crippen molar-refractivity contribution in [3.05, 3.63) is 35.9 Å². The SMILES string of the molecule is CC(N)C1CCN(C(=O)C2(Cc3ccccc3)CC3CCC2C3)CC1.Cl. The largest absolute Gasteiger partial charge is 0.342 e. The van der Waals surface area contributed by atoms with E-state index in [1.807, 2.05) is 0 Å². The summed E-state index contributed by atoms with van der Waals surface area (Å²) in [6.07, 6.45) is 8.03. The molecule has 1 aromatic rings. The number of fused-ring (bicyclic) bond motifs is 2. The van der Waals surface area contributed by atoms with Crippen molar-refractivity contribution in [2.24, 2.45) is 28.9 Å². The highest BCUT2D eigenvalue weighted by Crippen LogP contribution is 2.58. The molecule has 1 heterocycles. The third-order valence-corrected chi connectivity index (χ3v) is 7.33. The van der Waals surface area contributed by atoms with Crippen LogP contribution in [0.5, 0.6) is 0 Å². The maximum atomic E-state index is 13.7. The first-order chi connectivity index (χ1) is 12.1. The highest BCUT2D eigenvalue weighted by molar-refractivity contribution is 5.85. The summed E-state index contributed by atoms with van der Waals surface area (Å²) in [5.74, 6) is 2.40. The van der Waals surface area contributed by atoms with Gasteiger partial charge in [-0.15, -0.1) is 12.4 Å². The third-order valence-electron chi connectivity index (χ3n) is 7.33. The van der Waals surface area contributed by atoms with Crippen molar-refractivity contribution in [2.45, 2.75) is 57.9 Å². The molecule has 0 spiro atoms. The maximum absolute atomic E-state index is 13.7. The van der Waals surface area contributed by atoms with E-state index in [1.54, 1.807) is 0 Å². The number of piperidine rings is 1. The molecular weight excluding hydrogens is 344 g/mol. The lowest BCUT2D eigenvalue weighted by atomic mass is 9.68. The summed E-state index contributed by atoms with van der Waals surface area (Å²) in [7, 11) is 0. The zero-order chi connectivity index (χ0) is 17.4. The van der Waals surface area contributed by atoms with Gasteiger partial charge in [-0.25, -0.2) is 0 Å². The summed E-state index contributed by atoms with van der Waals surface area (Å²) in [6, 6.07) is 10.9. The van der Waals surface area contributed by atoms with E-state index in [0.29, 0.717) is 17.7 Å². The molecule has 1 aliphatic heterocycles. The van der Waals surface area contributed by atoms with Gasteiger partial charge in [0.2, 0.25) is 5.91 Å². The summed E-state index contributed by atoms with van der Waals surface area (Å²) in [6.45, 7) is 3.91. The number of amides is 1. The van der Waals surface area contributed by atoms with Gasteiger partial charge < -0.3 is 10.6 Å². The second kappa shape index (κ2) is 7.90. The van der Waals surface area contributed by atoms with E-state index < -0.39 is 0 Å². The highest BCUT2D eigenvalue weighted by atomic mass is 35.5. The molecule has 3 fully saturated rings. The van der Waals surface area contributed by atoms with Crippen LogP contribution in [0.2, 0.25) is 0 Å². The normalized spacial score (nSPS) is 32.3. The quantitative estimate of drug-likeness (QED) is 0.861. The Morgan fingerprint density at radius 1 is 1.19 bits per heavy atom. The first-order valence-electron chi connectivity index (χ1n) is 10.2. The number of hydrogen-bond acceptors (Lipinski definition) is 2. The number of nitrogens with zero attached hydrogens (tertiary/aromatic N) is 1. The molecule has 4 atom stereocenters. The molecule has 3 nitrogen and oxygen atoms in total. The number of nitrogens with two attached hydrogens (primary N) is 1. The zero-order valence-corrected chi connectivity index (χ0v) is 16.7. The van der Waals surface area contributed by atoms with Crippen LogP contribution in [0.3, 0.4) is 0 Å². The standard InChI is InChI=1S/C22H32N2O.ClH/c1-16(23)19-9-11-24(12-10-19)21(25)22(14-17-5-3-2-4-6-17)15-18-7-8-20(22)13-18;/h2-6,16,18-20H,7-15,23H2,1H3;1H. The monoisotopic (exact) mass is 376 g/mol. The zero-order valence-electron chi connectivity index (χ0n) is 15.9. The minimum absolute atomic E-state index is 0. The number of carbonyl (C=O) groups is 1. The van der Waals surface area contributed by atoms with Crippen LogP contribution in [-0.4, -0.2) is 29.9 Å². The fraction of sp³-hybridized carbons (Fsp3) is 0.682. The second-order valence-electron chi connectivity index (χ2n) is 8.89. The molecular formula is C22H33ClN2O. The molecule has 144 valence electrons. The number of hydrogen-bond donors (Lipinski definition) is 1. The summed E-state index contributed by atoms with van der Waals surface area (Å²) in [4.78, 5) is 15.9. The molecule has 4 rings (SSSR count). The molecule has 2 aliphatic carbocycles. The lowest BCUT2D eigenvalue weighted by Gasteiger charge is -2.43. The Morgan fingerprint density at radius 2 is 1.88 bits per heavy atom. The van der Waals surface area contributed by atoms with Crippen molar-refractivity contribution in [2.75, 3.05) is 13.1 Å². The van der Waals surface area contributed by atoms with E-state index in [9.17, 15) is 4.79 Å². The van der Waals surface area contributed by atoms with Crippen LogP contribution in [0.25, 0.3) is 0 Å². The van der Waals surface area contributed by atoms with E-state index in [1.165, 1.54) is 24.8 Å². The molecule has 2 bridgehead atoms. The summed E-state index contributed by atoms with van der Waals surface area (Å²) >= 11 is 0. The van der Waals surface area contributed by atoms with E-state index in [4.69, 9.17) is 5.73 Å². The van der Waals surface area contributed by atoms with E-state index in [2.05, 4.69) is 42.2 Å². The van der Waals surface area contributed by atoms with Crippen molar-refractivity contribution < 1.29 is 4.79 Å². The van der Waals surface area contributed by atoms with Crippen molar-refractivity contribution in [1.82, 2.24) is 4.90 Å². The average molecular weight is 377 g/mol. The van der Waals surface area contributed by atoms with Crippen LogP contribution in [0.4, 0.5) is 0 Å². The summed E-state index contributed by atoms with van der Waals surface area (Å²) in [5, 5.41) is 0. The molecule has 26 heavy (non-hydrogen) atoms. The van der Waals surface area contributed by atoms with Crippen molar-refractivity contribution in [1.29, 1.82) is 0 Å². The lowest BCUT2D eigenvalue weighted by molar-refractivity contribution is -0.147. The van der Waals surface area contributed by atoms with Crippen LogP contribution in [0.15, 0.2) is 30.3 Å². The van der Waals surface area contributed by atoms with Gasteiger partial charge in [0, 0.05) is 19.1 Å². The fourth-order valence-electron chi connectivity index (χ4n) is 5.90. The Kier molecular flexibility index (Phi) is 5.98. The molecule has 2 N–H and O–H groups in total. The van der Waals surface area contributed by atoms with Crippen LogP contribution in [-0.2, 0) is 11.2 Å². The van der Waals surface area contributed by atoms with Gasteiger partial charge in [0.15, 0.2) is 0 Å². The molecule has 1 amide bonds. The minimum atomic E-state index is -0.133. The predicted molar refractivity (Wildman–Crippen MR) is 108 cm³/mol. The summed E-state index contributed by atoms with van der Waals surface area (Å²) < 4.78 is 0. The number of carbonyl (C=O) groups excluding carboxylic acids is 1. The highest BCUT2D eigenvalue weighted by Gasteiger charge is 2.56. The van der Waals surface area contributed by atoms with Crippen LogP contribution < -0.4 is 5.73 Å². The number of rotatable bonds is 4. The van der Waals surface area contributed by atoms with E-state index in [-0.39, 0.29) is 23.9 Å². The van der Waals surface area contributed by atoms with Crippen molar-refractivity contribution >= 4 is 18.3 Å². The lowest BCUT2D eigenvalue weighted by Crippen LogP contribution is -2.51. The molecule has 4 unspecified atom stereocenters. The molecule has 1 aromatic carbocycles. The Hall–Kier alpha value is -1.06. The summed E-state index contributed by atoms with van der Waals surface area (Å²) in [5.41, 5.74) is 7.28. The van der Waals surface area contributed by atoms with Gasteiger partial charge in [-0.3, -0.25) is 4.79 Å². The minimum Gasteiger partial charge on any atom is -0.342 e. The van der Waals surface area contributed by atoms with Gasteiger partial charge in [0.25, 0.3) is 0 Å². The Morgan fingerprint density at radius 3 is 2.42 bits per heavy atom. The molecule has 0 aromatic heterocycles. The second-order valence-corrected chi connectivity index (χ2v) is 8.89. The van der Waals surface area contributed by atoms with Gasteiger partial charge >= 0.3 is 0 Å². The molecule has 4 heteroatoms. The first-order valence-corrected chi connectivity index (χ1v) is 10.2. The van der Waals surface area contributed by atoms with Crippen LogP contribution in [0.1, 0.15) is 51.0 Å². The Bertz CT molecular complexity index is 612. The number of likely N-dealkylation sites (tertiary alicyclic amines) is 1. The molecule has 3 aliphatic rings. The third kappa shape index (κ3) is 3.53. The van der Waals surface area contributed by atoms with Crippen LogP contribution >= 0.6 is 12.4 Å². The molecule has 2 saturated carbocycles. The van der Waals surface area contributed by atoms with Gasteiger partial charge in [0.05, 0.1) is 5.41 Å². The number of halogens is 1. The Labute approximate surface area is 164 Å². The van der Waals surface area contributed by atoms with Crippen molar-refractivity contribution in [3.63, 3.8) is 0 Å². The van der Waals surface area contributed by atoms with E-state index >= 15 is 0 Å². The van der Waals surface area contributed by atoms with E-state index in [0.717, 1.165) is 44.7 Å². The van der Waals surface area contributed by atoms with Gasteiger partial charge in [0.1, 0.15) is 0 Å². The average Bonchev–Trinajstić information content (AvgIpc) is 3.23. The smallest absolute Gasteiger partial charge is 0.229 e. The van der Waals surface area contributed by atoms with Gasteiger partial charge in [-0.05, 0) is 68.8 Å². The molecule has 1 saturated heterocycles. The molecule has 0 radical (unpaired) electrons. The predicted octanol–water partition coefficient (Wildman–Crippen LogP) is 4.04. The van der Waals surface area contributed by atoms with Gasteiger partial charge in [-0.1, -0.05) is 36.8 Å². The van der Waals surface area contributed by atoms with Crippen LogP contribution in [0, 0.1) is 23.2 Å². The van der Waals surface area contributed by atoms with Crippen molar-refractivity contribution in [3.8, 4) is 0 Å².